The van der Waals surface area contributed by atoms with Gasteiger partial charge in [0.15, 0.2) is 0 Å². The highest BCUT2D eigenvalue weighted by molar-refractivity contribution is 5.96. The minimum atomic E-state index is -1.11. The molecular weight excluding hydrogens is 436 g/mol. The highest BCUT2D eigenvalue weighted by atomic mass is 16.6. The van der Waals surface area contributed by atoms with Gasteiger partial charge in [-0.2, -0.15) is 0 Å². The number of nitro groups is 2. The molecule has 0 bridgehead atoms. The second kappa shape index (κ2) is 10.6. The number of benzene rings is 4. The summed E-state index contributed by atoms with van der Waals surface area (Å²) in [5.74, 6) is -1.11. The van der Waals surface area contributed by atoms with Crippen molar-refractivity contribution in [3.63, 3.8) is 0 Å². The van der Waals surface area contributed by atoms with Crippen molar-refractivity contribution < 1.29 is 19.7 Å². The van der Waals surface area contributed by atoms with Gasteiger partial charge < -0.3 is 5.11 Å². The van der Waals surface area contributed by atoms with Crippen molar-refractivity contribution in [3.8, 4) is 22.3 Å². The van der Waals surface area contributed by atoms with E-state index in [1.165, 1.54) is 24.3 Å². The lowest BCUT2D eigenvalue weighted by Crippen LogP contribution is -2.00. The molecule has 0 saturated heterocycles. The molecule has 0 spiro atoms. The standard InChI is InChI=1S/C13H9NO4.C13H11NO2/c15-13(16)11-7-6-10(14(17)18)8-12(11)9-4-2-1-3-5-9;1-10-7-8-12(14(15)16)9-13(10)11-5-3-2-4-6-11/h1-8H,(H,15,16);2-9H,1H3. The van der Waals surface area contributed by atoms with Crippen molar-refractivity contribution in [2.45, 2.75) is 6.92 Å². The van der Waals surface area contributed by atoms with Crippen LogP contribution in [-0.4, -0.2) is 20.9 Å². The fourth-order valence-electron chi connectivity index (χ4n) is 3.34. The number of hydrogen-bond acceptors (Lipinski definition) is 5. The molecule has 0 aliphatic carbocycles. The summed E-state index contributed by atoms with van der Waals surface area (Å²) in [6, 6.07) is 27.0. The summed E-state index contributed by atoms with van der Waals surface area (Å²) in [6.45, 7) is 1.95. The maximum atomic E-state index is 11.1. The zero-order valence-corrected chi connectivity index (χ0v) is 18.1. The lowest BCUT2D eigenvalue weighted by molar-refractivity contribution is -0.385. The first-order valence-electron chi connectivity index (χ1n) is 10.2. The average molecular weight is 456 g/mol. The predicted molar refractivity (Wildman–Crippen MR) is 129 cm³/mol. The van der Waals surface area contributed by atoms with Gasteiger partial charge in [0.25, 0.3) is 11.4 Å². The van der Waals surface area contributed by atoms with E-state index in [1.54, 1.807) is 42.5 Å². The van der Waals surface area contributed by atoms with Crippen LogP contribution < -0.4 is 0 Å². The molecule has 0 saturated carbocycles. The van der Waals surface area contributed by atoms with Gasteiger partial charge in [0.2, 0.25) is 0 Å². The molecule has 0 heterocycles. The first-order chi connectivity index (χ1) is 16.3. The summed E-state index contributed by atoms with van der Waals surface area (Å²) in [4.78, 5) is 31.6. The summed E-state index contributed by atoms with van der Waals surface area (Å²) in [5.41, 5.74) is 3.99. The summed E-state index contributed by atoms with van der Waals surface area (Å²) < 4.78 is 0. The average Bonchev–Trinajstić information content (AvgIpc) is 2.85. The molecule has 4 aromatic rings. The number of nitro benzene ring substituents is 2. The van der Waals surface area contributed by atoms with Gasteiger partial charge in [0.05, 0.1) is 15.4 Å². The number of carboxylic acid groups (broad SMARTS) is 1. The molecule has 0 aliphatic rings. The molecule has 0 aliphatic heterocycles. The monoisotopic (exact) mass is 456 g/mol. The topological polar surface area (TPSA) is 124 Å². The largest absolute Gasteiger partial charge is 0.478 e. The second-order valence-corrected chi connectivity index (χ2v) is 7.28. The van der Waals surface area contributed by atoms with Crippen LogP contribution in [0.2, 0.25) is 0 Å². The predicted octanol–water partition coefficient (Wildman–Crippen LogP) is 6.53. The van der Waals surface area contributed by atoms with Crippen molar-refractivity contribution in [1.82, 2.24) is 0 Å². The minimum absolute atomic E-state index is 0.0480. The smallest absolute Gasteiger partial charge is 0.336 e. The van der Waals surface area contributed by atoms with Crippen LogP contribution in [0, 0.1) is 27.2 Å². The molecule has 34 heavy (non-hydrogen) atoms. The Morgan fingerprint density at radius 3 is 1.59 bits per heavy atom. The third-order valence-electron chi connectivity index (χ3n) is 5.05. The molecule has 0 unspecified atom stereocenters. The molecular formula is C26H20N2O6. The lowest BCUT2D eigenvalue weighted by atomic mass is 9.99. The van der Waals surface area contributed by atoms with Crippen LogP contribution >= 0.6 is 0 Å². The van der Waals surface area contributed by atoms with E-state index in [0.717, 1.165) is 16.7 Å². The first-order valence-corrected chi connectivity index (χ1v) is 10.2. The van der Waals surface area contributed by atoms with E-state index in [9.17, 15) is 25.0 Å². The zero-order valence-electron chi connectivity index (χ0n) is 18.1. The molecule has 0 amide bonds. The van der Waals surface area contributed by atoms with Gasteiger partial charge in [-0.25, -0.2) is 4.79 Å². The Kier molecular flexibility index (Phi) is 7.45. The van der Waals surface area contributed by atoms with Crippen molar-refractivity contribution in [3.05, 3.63) is 128 Å². The minimum Gasteiger partial charge on any atom is -0.478 e. The number of aryl methyl sites for hydroxylation is 1. The van der Waals surface area contributed by atoms with Gasteiger partial charge in [-0.1, -0.05) is 66.7 Å². The Morgan fingerprint density at radius 2 is 1.12 bits per heavy atom. The van der Waals surface area contributed by atoms with E-state index < -0.39 is 10.9 Å². The van der Waals surface area contributed by atoms with E-state index >= 15 is 0 Å². The van der Waals surface area contributed by atoms with Crippen LogP contribution in [0.1, 0.15) is 15.9 Å². The Hall–Kier alpha value is -4.85. The Bertz CT molecular complexity index is 1340. The van der Waals surface area contributed by atoms with Gasteiger partial charge in [-0.15, -0.1) is 0 Å². The van der Waals surface area contributed by atoms with Crippen molar-refractivity contribution in [2.75, 3.05) is 0 Å². The van der Waals surface area contributed by atoms with Crippen molar-refractivity contribution in [1.29, 1.82) is 0 Å². The normalized spacial score (nSPS) is 10.0. The van der Waals surface area contributed by atoms with Crippen LogP contribution in [0.3, 0.4) is 0 Å². The second-order valence-electron chi connectivity index (χ2n) is 7.28. The van der Waals surface area contributed by atoms with Gasteiger partial charge in [-0.3, -0.25) is 20.2 Å². The summed E-state index contributed by atoms with van der Waals surface area (Å²) in [7, 11) is 0. The fourth-order valence-corrected chi connectivity index (χ4v) is 3.34. The molecule has 8 heteroatoms. The van der Waals surface area contributed by atoms with Crippen LogP contribution in [0.15, 0.2) is 97.1 Å². The highest BCUT2D eigenvalue weighted by Gasteiger charge is 2.16. The number of carbonyl (C=O) groups is 1. The molecule has 0 aromatic heterocycles. The van der Waals surface area contributed by atoms with E-state index in [2.05, 4.69) is 0 Å². The van der Waals surface area contributed by atoms with Crippen LogP contribution in [-0.2, 0) is 0 Å². The van der Waals surface area contributed by atoms with Gasteiger partial charge >= 0.3 is 5.97 Å². The quantitative estimate of drug-likeness (QED) is 0.269. The first kappa shape index (κ1) is 23.8. The number of carboxylic acids is 1. The van der Waals surface area contributed by atoms with E-state index in [0.29, 0.717) is 11.1 Å². The third kappa shape index (κ3) is 5.68. The number of non-ortho nitro benzene ring substituents is 2. The molecule has 0 fully saturated rings. The van der Waals surface area contributed by atoms with Crippen molar-refractivity contribution >= 4 is 17.3 Å². The van der Waals surface area contributed by atoms with Crippen LogP contribution in [0.5, 0.6) is 0 Å². The molecule has 170 valence electrons. The van der Waals surface area contributed by atoms with Crippen LogP contribution in [0.25, 0.3) is 22.3 Å². The molecule has 4 aromatic carbocycles. The zero-order chi connectivity index (χ0) is 24.7. The molecule has 8 nitrogen and oxygen atoms in total. The molecule has 4 rings (SSSR count). The maximum Gasteiger partial charge on any atom is 0.336 e. The van der Waals surface area contributed by atoms with E-state index in [1.807, 2.05) is 37.3 Å². The molecule has 0 radical (unpaired) electrons. The van der Waals surface area contributed by atoms with E-state index in [4.69, 9.17) is 5.11 Å². The van der Waals surface area contributed by atoms with E-state index in [-0.39, 0.29) is 21.9 Å². The van der Waals surface area contributed by atoms with Gasteiger partial charge in [-0.05, 0) is 35.2 Å². The Labute approximate surface area is 195 Å². The lowest BCUT2D eigenvalue weighted by Gasteiger charge is -2.05. The maximum absolute atomic E-state index is 11.1. The summed E-state index contributed by atoms with van der Waals surface area (Å²) >= 11 is 0. The number of hydrogen-bond donors (Lipinski definition) is 1. The number of nitrogens with zero attached hydrogens (tertiary/aromatic N) is 2. The van der Waals surface area contributed by atoms with Gasteiger partial charge in [0, 0.05) is 29.8 Å². The number of aromatic carboxylic acids is 1. The van der Waals surface area contributed by atoms with Crippen LogP contribution in [0.4, 0.5) is 11.4 Å². The summed E-state index contributed by atoms with van der Waals surface area (Å²) in [5, 5.41) is 30.5. The highest BCUT2D eigenvalue weighted by Crippen LogP contribution is 2.28. The Balaban J connectivity index is 0.000000192. The number of rotatable bonds is 5. The Morgan fingerprint density at radius 1 is 0.676 bits per heavy atom. The SMILES string of the molecule is Cc1ccc([N+](=O)[O-])cc1-c1ccccc1.O=C(O)c1ccc([N+](=O)[O-])cc1-c1ccccc1. The fraction of sp³-hybridized carbons (Fsp3) is 0.0385. The summed E-state index contributed by atoms with van der Waals surface area (Å²) in [6.07, 6.45) is 0. The van der Waals surface area contributed by atoms with Gasteiger partial charge in [0.1, 0.15) is 0 Å². The van der Waals surface area contributed by atoms with Crippen molar-refractivity contribution in [2.24, 2.45) is 0 Å². The molecule has 1 N–H and O–H groups in total. The molecule has 0 atom stereocenters. The third-order valence-corrected chi connectivity index (χ3v) is 5.05.